The van der Waals surface area contributed by atoms with E-state index in [2.05, 4.69) is 4.90 Å². The lowest BCUT2D eigenvalue weighted by atomic mass is 9.87. The molecule has 132 valence electrons. The summed E-state index contributed by atoms with van der Waals surface area (Å²) in [5.74, 6) is 0.0141. The lowest BCUT2D eigenvalue weighted by Gasteiger charge is -2.45. The number of amides is 1. The molecule has 2 aliphatic heterocycles. The van der Waals surface area contributed by atoms with Gasteiger partial charge in [0.05, 0.1) is 6.42 Å². The van der Waals surface area contributed by atoms with Gasteiger partial charge in [0.2, 0.25) is 5.91 Å². The number of carbonyl (C=O) groups excluding carboxylic acids is 1. The molecule has 2 saturated heterocycles. The standard InChI is InChI=1S/C19H28N2O3/c22-17-14-21(18(23)13-16-7-3-1-4-8-16)12-9-19(17,24)15-20-10-5-2-6-11-20/h1,3-4,7-8,17,22,24H,2,5-6,9-15H2/t17-,19-/m0/s1. The molecular formula is C19H28N2O3. The van der Waals surface area contributed by atoms with Gasteiger partial charge >= 0.3 is 0 Å². The van der Waals surface area contributed by atoms with Crippen LogP contribution >= 0.6 is 0 Å². The Morgan fingerprint density at radius 1 is 1.12 bits per heavy atom. The molecule has 5 heteroatoms. The third kappa shape index (κ3) is 4.15. The number of benzene rings is 1. The highest BCUT2D eigenvalue weighted by molar-refractivity contribution is 5.79. The van der Waals surface area contributed by atoms with E-state index < -0.39 is 11.7 Å². The zero-order chi connectivity index (χ0) is 17.0. The Kier molecular flexibility index (Phi) is 5.54. The summed E-state index contributed by atoms with van der Waals surface area (Å²) in [6.45, 7) is 3.22. The number of piperidine rings is 2. The number of rotatable bonds is 4. The van der Waals surface area contributed by atoms with Crippen LogP contribution in [0.15, 0.2) is 30.3 Å². The second-order valence-electron chi connectivity index (χ2n) is 7.21. The fourth-order valence-electron chi connectivity index (χ4n) is 3.76. The van der Waals surface area contributed by atoms with Crippen LogP contribution in [0.4, 0.5) is 0 Å². The van der Waals surface area contributed by atoms with E-state index in [-0.39, 0.29) is 12.5 Å². The van der Waals surface area contributed by atoms with Crippen LogP contribution in [0.1, 0.15) is 31.2 Å². The van der Waals surface area contributed by atoms with Gasteiger partial charge in [0.15, 0.2) is 0 Å². The summed E-state index contributed by atoms with van der Waals surface area (Å²) in [7, 11) is 0. The molecule has 5 nitrogen and oxygen atoms in total. The fraction of sp³-hybridized carbons (Fsp3) is 0.632. The Labute approximate surface area is 143 Å². The van der Waals surface area contributed by atoms with Crippen molar-refractivity contribution >= 4 is 5.91 Å². The molecule has 2 N–H and O–H groups in total. The molecule has 2 heterocycles. The van der Waals surface area contributed by atoms with E-state index in [9.17, 15) is 15.0 Å². The lowest BCUT2D eigenvalue weighted by Crippen LogP contribution is -2.61. The maximum atomic E-state index is 12.4. The van der Waals surface area contributed by atoms with Gasteiger partial charge in [-0.15, -0.1) is 0 Å². The molecule has 24 heavy (non-hydrogen) atoms. The number of aliphatic hydroxyl groups is 2. The molecule has 0 unspecified atom stereocenters. The van der Waals surface area contributed by atoms with E-state index in [1.165, 1.54) is 6.42 Å². The molecule has 3 rings (SSSR count). The van der Waals surface area contributed by atoms with Crippen molar-refractivity contribution in [3.05, 3.63) is 35.9 Å². The Bertz CT molecular complexity index is 545. The van der Waals surface area contributed by atoms with Gasteiger partial charge in [0.1, 0.15) is 11.7 Å². The Morgan fingerprint density at radius 3 is 2.50 bits per heavy atom. The van der Waals surface area contributed by atoms with Gasteiger partial charge in [-0.3, -0.25) is 4.79 Å². The predicted molar refractivity (Wildman–Crippen MR) is 92.6 cm³/mol. The van der Waals surface area contributed by atoms with Crippen LogP contribution in [-0.2, 0) is 11.2 Å². The summed E-state index contributed by atoms with van der Waals surface area (Å²) in [5.41, 5.74) is -0.118. The SMILES string of the molecule is O=C(Cc1ccccc1)N1CC[C@](O)(CN2CCCCC2)[C@@H](O)C1. The second kappa shape index (κ2) is 7.64. The van der Waals surface area contributed by atoms with Crippen LogP contribution in [-0.4, -0.2) is 70.3 Å². The largest absolute Gasteiger partial charge is 0.388 e. The number of β-amino-alcohol motifs (C(OH)–C–C–N with tert-alkyl or cyclic N) is 2. The molecule has 2 atom stereocenters. The summed E-state index contributed by atoms with van der Waals surface area (Å²) >= 11 is 0. The highest BCUT2D eigenvalue weighted by Crippen LogP contribution is 2.26. The van der Waals surface area contributed by atoms with Crippen LogP contribution < -0.4 is 0 Å². The van der Waals surface area contributed by atoms with Gasteiger partial charge in [-0.05, 0) is 37.9 Å². The monoisotopic (exact) mass is 332 g/mol. The molecule has 1 amide bonds. The number of carbonyl (C=O) groups is 1. The minimum atomic E-state index is -1.10. The van der Waals surface area contributed by atoms with Gasteiger partial charge in [0.25, 0.3) is 0 Å². The van der Waals surface area contributed by atoms with Gasteiger partial charge in [-0.2, -0.15) is 0 Å². The van der Waals surface area contributed by atoms with E-state index >= 15 is 0 Å². The summed E-state index contributed by atoms with van der Waals surface area (Å²) < 4.78 is 0. The molecule has 0 saturated carbocycles. The molecule has 0 spiro atoms. The summed E-state index contributed by atoms with van der Waals surface area (Å²) in [6.07, 6.45) is 3.47. The predicted octanol–water partition coefficient (Wildman–Crippen LogP) is 1.04. The first-order chi connectivity index (χ1) is 11.6. The topological polar surface area (TPSA) is 64.0 Å². The van der Waals surface area contributed by atoms with Crippen molar-refractivity contribution in [1.82, 2.24) is 9.80 Å². The van der Waals surface area contributed by atoms with Gasteiger partial charge in [0, 0.05) is 19.6 Å². The quantitative estimate of drug-likeness (QED) is 0.865. The Hall–Kier alpha value is -1.43. The first-order valence-corrected chi connectivity index (χ1v) is 9.01. The first-order valence-electron chi connectivity index (χ1n) is 9.01. The van der Waals surface area contributed by atoms with Crippen molar-refractivity contribution < 1.29 is 15.0 Å². The van der Waals surface area contributed by atoms with Crippen molar-refractivity contribution in [3.63, 3.8) is 0 Å². The molecule has 2 fully saturated rings. The van der Waals surface area contributed by atoms with Crippen molar-refractivity contribution in [2.24, 2.45) is 0 Å². The Balaban J connectivity index is 1.55. The van der Waals surface area contributed by atoms with Crippen molar-refractivity contribution in [3.8, 4) is 0 Å². The van der Waals surface area contributed by atoms with E-state index in [1.807, 2.05) is 30.3 Å². The summed E-state index contributed by atoms with van der Waals surface area (Å²) in [5, 5.41) is 21.3. The van der Waals surface area contributed by atoms with Gasteiger partial charge < -0.3 is 20.0 Å². The molecular weight excluding hydrogens is 304 g/mol. The van der Waals surface area contributed by atoms with Gasteiger partial charge in [-0.25, -0.2) is 0 Å². The van der Waals surface area contributed by atoms with Crippen LogP contribution in [0.2, 0.25) is 0 Å². The third-order valence-corrected chi connectivity index (χ3v) is 5.33. The first kappa shape index (κ1) is 17.4. The molecule has 0 aliphatic carbocycles. The zero-order valence-corrected chi connectivity index (χ0v) is 14.2. The van der Waals surface area contributed by atoms with Crippen LogP contribution in [0, 0.1) is 0 Å². The van der Waals surface area contributed by atoms with Crippen molar-refractivity contribution in [1.29, 1.82) is 0 Å². The normalized spacial score (nSPS) is 28.8. The van der Waals surface area contributed by atoms with Crippen LogP contribution in [0.3, 0.4) is 0 Å². The fourth-order valence-corrected chi connectivity index (χ4v) is 3.76. The van der Waals surface area contributed by atoms with E-state index in [1.54, 1.807) is 4.90 Å². The maximum Gasteiger partial charge on any atom is 0.227 e. The highest BCUT2D eigenvalue weighted by Gasteiger charge is 2.42. The third-order valence-electron chi connectivity index (χ3n) is 5.33. The minimum absolute atomic E-state index is 0.0141. The zero-order valence-electron chi connectivity index (χ0n) is 14.2. The molecule has 0 bridgehead atoms. The van der Waals surface area contributed by atoms with E-state index in [4.69, 9.17) is 0 Å². The van der Waals surface area contributed by atoms with Gasteiger partial charge in [-0.1, -0.05) is 36.8 Å². The molecule has 2 aliphatic rings. The number of likely N-dealkylation sites (tertiary alicyclic amines) is 2. The number of aliphatic hydroxyl groups excluding tert-OH is 1. The molecule has 1 aromatic rings. The van der Waals surface area contributed by atoms with E-state index in [0.717, 1.165) is 31.5 Å². The number of nitrogens with zero attached hydrogens (tertiary/aromatic N) is 2. The number of hydrogen-bond acceptors (Lipinski definition) is 4. The lowest BCUT2D eigenvalue weighted by molar-refractivity contribution is -0.153. The molecule has 1 aromatic carbocycles. The summed E-state index contributed by atoms with van der Waals surface area (Å²) in [6, 6.07) is 9.64. The van der Waals surface area contributed by atoms with Crippen molar-refractivity contribution in [2.75, 3.05) is 32.7 Å². The maximum absolute atomic E-state index is 12.4. The average Bonchev–Trinajstić information content (AvgIpc) is 2.59. The second-order valence-corrected chi connectivity index (χ2v) is 7.21. The minimum Gasteiger partial charge on any atom is -0.388 e. The van der Waals surface area contributed by atoms with Crippen LogP contribution in [0.5, 0.6) is 0 Å². The molecule has 0 radical (unpaired) electrons. The number of hydrogen-bond donors (Lipinski definition) is 2. The smallest absolute Gasteiger partial charge is 0.227 e. The van der Waals surface area contributed by atoms with E-state index in [0.29, 0.717) is 25.9 Å². The molecule has 0 aromatic heterocycles. The Morgan fingerprint density at radius 2 is 1.83 bits per heavy atom. The van der Waals surface area contributed by atoms with Crippen molar-refractivity contribution in [2.45, 2.75) is 43.8 Å². The van der Waals surface area contributed by atoms with Crippen LogP contribution in [0.25, 0.3) is 0 Å². The highest BCUT2D eigenvalue weighted by atomic mass is 16.3. The average molecular weight is 332 g/mol. The summed E-state index contributed by atoms with van der Waals surface area (Å²) in [4.78, 5) is 16.4.